The maximum absolute atomic E-state index is 11.8. The molecule has 0 fully saturated rings. The molecule has 0 saturated heterocycles. The van der Waals surface area contributed by atoms with Gasteiger partial charge in [-0.25, -0.2) is 8.42 Å². The van der Waals surface area contributed by atoms with E-state index in [4.69, 9.17) is 5.73 Å². The molecule has 2 rings (SSSR count). The number of hydrogen-bond acceptors (Lipinski definition) is 4. The molecular formula is C16H23N3O3S. The Morgan fingerprint density at radius 2 is 2.04 bits per heavy atom. The van der Waals surface area contributed by atoms with Crippen LogP contribution in [0.5, 0.6) is 0 Å². The van der Waals surface area contributed by atoms with Crippen LogP contribution in [0, 0.1) is 0 Å². The highest BCUT2D eigenvalue weighted by Gasteiger charge is 2.15. The summed E-state index contributed by atoms with van der Waals surface area (Å²) in [4.78, 5) is 11.8. The van der Waals surface area contributed by atoms with Gasteiger partial charge in [-0.1, -0.05) is 18.2 Å². The van der Waals surface area contributed by atoms with Crippen molar-refractivity contribution in [2.75, 3.05) is 18.6 Å². The second-order valence-corrected chi connectivity index (χ2v) is 8.00. The molecule has 1 unspecified atom stereocenters. The van der Waals surface area contributed by atoms with Crippen molar-refractivity contribution in [2.45, 2.75) is 25.4 Å². The molecule has 1 atom stereocenters. The Hall–Kier alpha value is -1.86. The van der Waals surface area contributed by atoms with E-state index in [1.54, 1.807) is 0 Å². The number of fused-ring (bicyclic) bond motifs is 1. The van der Waals surface area contributed by atoms with E-state index in [0.29, 0.717) is 6.54 Å². The molecule has 0 saturated carbocycles. The topological polar surface area (TPSA) is 94.2 Å². The molecule has 1 aromatic carbocycles. The van der Waals surface area contributed by atoms with E-state index in [0.717, 1.165) is 19.2 Å². The molecule has 3 N–H and O–H groups in total. The van der Waals surface area contributed by atoms with Gasteiger partial charge < -0.3 is 15.6 Å². The Balaban J connectivity index is 1.73. The highest BCUT2D eigenvalue weighted by Crippen LogP contribution is 2.15. The molecule has 0 aliphatic carbocycles. The molecule has 0 radical (unpaired) electrons. The van der Waals surface area contributed by atoms with Crippen molar-refractivity contribution in [1.29, 1.82) is 0 Å². The number of para-hydroxylation sites is 1. The van der Waals surface area contributed by atoms with Crippen LogP contribution >= 0.6 is 0 Å². The van der Waals surface area contributed by atoms with E-state index in [1.165, 1.54) is 10.9 Å². The lowest BCUT2D eigenvalue weighted by Gasteiger charge is -2.12. The summed E-state index contributed by atoms with van der Waals surface area (Å²) < 4.78 is 24.3. The van der Waals surface area contributed by atoms with Gasteiger partial charge in [0.05, 0.1) is 11.8 Å². The third kappa shape index (κ3) is 5.37. The van der Waals surface area contributed by atoms with Crippen LogP contribution in [0.4, 0.5) is 0 Å². The fourth-order valence-corrected chi connectivity index (χ4v) is 3.08. The zero-order valence-electron chi connectivity index (χ0n) is 13.2. The van der Waals surface area contributed by atoms with Crippen LogP contribution in [-0.2, 0) is 21.2 Å². The van der Waals surface area contributed by atoms with Gasteiger partial charge in [0.2, 0.25) is 5.91 Å². The van der Waals surface area contributed by atoms with Crippen molar-refractivity contribution in [1.82, 2.24) is 9.88 Å². The van der Waals surface area contributed by atoms with Crippen LogP contribution in [0.3, 0.4) is 0 Å². The van der Waals surface area contributed by atoms with Crippen LogP contribution in [0.15, 0.2) is 36.5 Å². The first kappa shape index (κ1) is 17.5. The van der Waals surface area contributed by atoms with E-state index in [1.807, 2.05) is 18.3 Å². The van der Waals surface area contributed by atoms with E-state index in [9.17, 15) is 13.2 Å². The number of aryl methyl sites for hydroxylation is 1. The van der Waals surface area contributed by atoms with E-state index >= 15 is 0 Å². The lowest BCUT2D eigenvalue weighted by atomic mass is 10.2. The Labute approximate surface area is 136 Å². The molecule has 6 nitrogen and oxygen atoms in total. The summed E-state index contributed by atoms with van der Waals surface area (Å²) in [6.45, 7) is 1.31. The number of amides is 1. The molecule has 1 aromatic heterocycles. The molecule has 2 aromatic rings. The molecule has 7 heteroatoms. The molecular weight excluding hydrogens is 314 g/mol. The summed E-state index contributed by atoms with van der Waals surface area (Å²) in [5.41, 5.74) is 6.86. The maximum Gasteiger partial charge on any atom is 0.236 e. The minimum absolute atomic E-state index is 0.0725. The monoisotopic (exact) mass is 337 g/mol. The first-order valence-electron chi connectivity index (χ1n) is 7.62. The van der Waals surface area contributed by atoms with E-state index < -0.39 is 15.9 Å². The zero-order valence-corrected chi connectivity index (χ0v) is 14.1. The minimum atomic E-state index is -3.09. The number of benzene rings is 1. The highest BCUT2D eigenvalue weighted by atomic mass is 32.2. The number of hydrogen-bond donors (Lipinski definition) is 2. The van der Waals surface area contributed by atoms with Gasteiger partial charge in [0, 0.05) is 31.1 Å². The number of rotatable bonds is 8. The molecule has 126 valence electrons. The molecule has 1 amide bonds. The average molecular weight is 337 g/mol. The SMILES string of the molecule is CS(=O)(=O)CCC(N)C(=O)NCCCn1ccc2ccccc21. The van der Waals surface area contributed by atoms with Crippen LogP contribution < -0.4 is 11.1 Å². The average Bonchev–Trinajstić information content (AvgIpc) is 2.91. The van der Waals surface area contributed by atoms with Crippen LogP contribution in [-0.4, -0.2) is 43.5 Å². The van der Waals surface area contributed by atoms with Crippen LogP contribution in [0.25, 0.3) is 10.9 Å². The normalized spacial score (nSPS) is 13.1. The standard InChI is InChI=1S/C16H23N3O3S/c1-23(21,22)12-8-14(17)16(20)18-9-4-10-19-11-7-13-5-2-3-6-15(13)19/h2-3,5-7,11,14H,4,8-10,12,17H2,1H3,(H,18,20). The van der Waals surface area contributed by atoms with Crippen molar-refractivity contribution in [2.24, 2.45) is 5.73 Å². The third-order valence-electron chi connectivity index (χ3n) is 3.69. The lowest BCUT2D eigenvalue weighted by Crippen LogP contribution is -2.42. The number of nitrogens with one attached hydrogen (secondary N) is 1. The molecule has 0 aliphatic heterocycles. The lowest BCUT2D eigenvalue weighted by molar-refractivity contribution is -0.122. The van der Waals surface area contributed by atoms with Crippen LogP contribution in [0.1, 0.15) is 12.8 Å². The number of sulfone groups is 1. The summed E-state index contributed by atoms with van der Waals surface area (Å²) in [5, 5.41) is 3.95. The quantitative estimate of drug-likeness (QED) is 0.700. The summed E-state index contributed by atoms with van der Waals surface area (Å²) in [6, 6.07) is 9.42. The predicted molar refractivity (Wildman–Crippen MR) is 91.9 cm³/mol. The molecule has 1 heterocycles. The van der Waals surface area contributed by atoms with Gasteiger partial charge in [-0.3, -0.25) is 4.79 Å². The maximum atomic E-state index is 11.8. The number of nitrogens with zero attached hydrogens (tertiary/aromatic N) is 1. The Bertz CT molecular complexity index is 768. The fraction of sp³-hybridized carbons (Fsp3) is 0.438. The van der Waals surface area contributed by atoms with Crippen LogP contribution in [0.2, 0.25) is 0 Å². The van der Waals surface area contributed by atoms with Gasteiger partial charge in [-0.2, -0.15) is 0 Å². The zero-order chi connectivity index (χ0) is 16.9. The number of carbonyl (C=O) groups excluding carboxylic acids is 1. The Morgan fingerprint density at radius 1 is 1.30 bits per heavy atom. The second-order valence-electron chi connectivity index (χ2n) is 5.74. The van der Waals surface area contributed by atoms with E-state index in [-0.39, 0.29) is 18.1 Å². The number of nitrogens with two attached hydrogens (primary N) is 1. The Morgan fingerprint density at radius 3 is 2.78 bits per heavy atom. The first-order chi connectivity index (χ1) is 10.9. The van der Waals surface area contributed by atoms with Gasteiger partial charge in [0.25, 0.3) is 0 Å². The van der Waals surface area contributed by atoms with Gasteiger partial charge in [0.15, 0.2) is 0 Å². The summed E-state index contributed by atoms with van der Waals surface area (Å²) in [6.07, 6.45) is 4.10. The van der Waals surface area contributed by atoms with E-state index in [2.05, 4.69) is 28.1 Å². The fourth-order valence-electron chi connectivity index (χ4n) is 2.40. The Kier molecular flexibility index (Phi) is 5.79. The van der Waals surface area contributed by atoms with Gasteiger partial charge in [-0.05, 0) is 30.4 Å². The summed E-state index contributed by atoms with van der Waals surface area (Å²) in [5.74, 6) is -0.372. The third-order valence-corrected chi connectivity index (χ3v) is 4.67. The van der Waals surface area contributed by atoms with Gasteiger partial charge >= 0.3 is 0 Å². The predicted octanol–water partition coefficient (Wildman–Crippen LogP) is 0.910. The smallest absolute Gasteiger partial charge is 0.236 e. The highest BCUT2D eigenvalue weighted by molar-refractivity contribution is 7.90. The van der Waals surface area contributed by atoms with Crippen molar-refractivity contribution in [3.05, 3.63) is 36.5 Å². The largest absolute Gasteiger partial charge is 0.355 e. The van der Waals surface area contributed by atoms with Crippen molar-refractivity contribution >= 4 is 26.6 Å². The summed E-state index contributed by atoms with van der Waals surface area (Å²) in [7, 11) is -3.09. The molecule has 0 bridgehead atoms. The molecule has 0 aliphatic rings. The van der Waals surface area contributed by atoms with Crippen molar-refractivity contribution < 1.29 is 13.2 Å². The van der Waals surface area contributed by atoms with Crippen molar-refractivity contribution in [3.63, 3.8) is 0 Å². The number of carbonyl (C=O) groups is 1. The van der Waals surface area contributed by atoms with Gasteiger partial charge in [0.1, 0.15) is 9.84 Å². The molecule has 0 spiro atoms. The van der Waals surface area contributed by atoms with Crippen molar-refractivity contribution in [3.8, 4) is 0 Å². The summed E-state index contributed by atoms with van der Waals surface area (Å²) >= 11 is 0. The second kappa shape index (κ2) is 7.61. The molecule has 23 heavy (non-hydrogen) atoms. The van der Waals surface area contributed by atoms with Gasteiger partial charge in [-0.15, -0.1) is 0 Å². The number of aromatic nitrogens is 1. The minimum Gasteiger partial charge on any atom is -0.355 e. The first-order valence-corrected chi connectivity index (χ1v) is 9.68.